The number of hydrogen-bond acceptors (Lipinski definition) is 5. The minimum atomic E-state index is -0.905. The van der Waals surface area contributed by atoms with Crippen LogP contribution in [0.15, 0.2) is 0 Å². The number of carbonyl (C=O) groups excluding carboxylic acids is 4. The fourth-order valence-corrected chi connectivity index (χ4v) is 5.45. The molecule has 2 saturated heterocycles. The van der Waals surface area contributed by atoms with Crippen molar-refractivity contribution in [1.82, 2.24) is 20.0 Å². The first-order valence-corrected chi connectivity index (χ1v) is 10.9. The van der Waals surface area contributed by atoms with Crippen molar-refractivity contribution in [3.63, 3.8) is 0 Å². The third-order valence-electron chi connectivity index (χ3n) is 6.29. The quantitative estimate of drug-likeness (QED) is 0.700. The van der Waals surface area contributed by atoms with E-state index in [2.05, 4.69) is 26.1 Å². The molecule has 0 aromatic rings. The maximum atomic E-state index is 13.2. The number of urea groups is 1. The van der Waals surface area contributed by atoms with E-state index in [1.54, 1.807) is 16.7 Å². The first-order chi connectivity index (χ1) is 14.1. The molecule has 0 aromatic heterocycles. The SMILES string of the molecule is CCOC(=O)N1CCCN(C(=O)CN2C(=O)N[C@]3(C[C@@H](C)CC(C)(C)C3)C2=O)CC1. The number of imide groups is 1. The van der Waals surface area contributed by atoms with E-state index in [1.807, 2.05) is 0 Å². The van der Waals surface area contributed by atoms with Crippen molar-refractivity contribution in [2.75, 3.05) is 39.3 Å². The zero-order valence-corrected chi connectivity index (χ0v) is 18.5. The second kappa shape index (κ2) is 8.43. The van der Waals surface area contributed by atoms with E-state index in [0.29, 0.717) is 58.0 Å². The highest BCUT2D eigenvalue weighted by atomic mass is 16.6. The number of nitrogens with one attached hydrogen (secondary N) is 1. The van der Waals surface area contributed by atoms with E-state index < -0.39 is 11.6 Å². The highest BCUT2D eigenvalue weighted by Crippen LogP contribution is 2.46. The molecule has 1 saturated carbocycles. The van der Waals surface area contributed by atoms with E-state index in [1.165, 1.54) is 0 Å². The van der Waals surface area contributed by atoms with E-state index in [0.717, 1.165) is 11.3 Å². The van der Waals surface area contributed by atoms with Crippen LogP contribution in [0.1, 0.15) is 53.4 Å². The van der Waals surface area contributed by atoms with Gasteiger partial charge < -0.3 is 19.9 Å². The van der Waals surface area contributed by atoms with Gasteiger partial charge in [-0.15, -0.1) is 0 Å². The molecule has 1 aliphatic carbocycles. The van der Waals surface area contributed by atoms with Gasteiger partial charge in [0.05, 0.1) is 6.61 Å². The lowest BCUT2D eigenvalue weighted by Crippen LogP contribution is -2.54. The van der Waals surface area contributed by atoms with Crippen molar-refractivity contribution < 1.29 is 23.9 Å². The van der Waals surface area contributed by atoms with Gasteiger partial charge in [-0.2, -0.15) is 0 Å². The second-order valence-corrected chi connectivity index (χ2v) is 9.68. The summed E-state index contributed by atoms with van der Waals surface area (Å²) in [5.41, 5.74) is -0.958. The smallest absolute Gasteiger partial charge is 0.409 e. The molecular formula is C21H34N4O5. The topological polar surface area (TPSA) is 99.3 Å². The van der Waals surface area contributed by atoms with Crippen molar-refractivity contribution in [3.8, 4) is 0 Å². The molecule has 3 rings (SSSR count). The van der Waals surface area contributed by atoms with Crippen LogP contribution < -0.4 is 5.32 Å². The van der Waals surface area contributed by atoms with Crippen LogP contribution in [0.5, 0.6) is 0 Å². The van der Waals surface area contributed by atoms with Gasteiger partial charge in [-0.25, -0.2) is 9.59 Å². The molecule has 0 aromatic carbocycles. The monoisotopic (exact) mass is 422 g/mol. The maximum Gasteiger partial charge on any atom is 0.409 e. The molecule has 2 heterocycles. The second-order valence-electron chi connectivity index (χ2n) is 9.68. The summed E-state index contributed by atoms with van der Waals surface area (Å²) in [6.07, 6.45) is 2.43. The van der Waals surface area contributed by atoms with Crippen molar-refractivity contribution in [3.05, 3.63) is 0 Å². The van der Waals surface area contributed by atoms with Gasteiger partial charge in [0, 0.05) is 26.2 Å². The van der Waals surface area contributed by atoms with Gasteiger partial charge in [-0.1, -0.05) is 20.8 Å². The maximum absolute atomic E-state index is 13.2. The van der Waals surface area contributed by atoms with Gasteiger partial charge >= 0.3 is 12.1 Å². The van der Waals surface area contributed by atoms with Crippen molar-refractivity contribution >= 4 is 23.9 Å². The molecule has 1 spiro atoms. The van der Waals surface area contributed by atoms with Crippen molar-refractivity contribution in [2.24, 2.45) is 11.3 Å². The highest BCUT2D eigenvalue weighted by Gasteiger charge is 2.56. The molecule has 0 unspecified atom stereocenters. The predicted molar refractivity (Wildman–Crippen MR) is 110 cm³/mol. The summed E-state index contributed by atoms with van der Waals surface area (Å²) >= 11 is 0. The molecular weight excluding hydrogens is 388 g/mol. The lowest BCUT2D eigenvalue weighted by molar-refractivity contribution is -0.140. The number of amides is 5. The van der Waals surface area contributed by atoms with Crippen LogP contribution in [0.2, 0.25) is 0 Å². The molecule has 9 heteroatoms. The van der Waals surface area contributed by atoms with E-state index >= 15 is 0 Å². The summed E-state index contributed by atoms with van der Waals surface area (Å²) in [6, 6.07) is -0.485. The molecule has 1 N–H and O–H groups in total. The van der Waals surface area contributed by atoms with Crippen LogP contribution in [-0.4, -0.2) is 83.5 Å². The van der Waals surface area contributed by atoms with Gasteiger partial charge in [-0.05, 0) is 43.9 Å². The van der Waals surface area contributed by atoms with E-state index in [4.69, 9.17) is 4.74 Å². The zero-order chi connectivity index (χ0) is 22.1. The van der Waals surface area contributed by atoms with Gasteiger partial charge in [0.15, 0.2) is 0 Å². The zero-order valence-electron chi connectivity index (χ0n) is 18.5. The molecule has 3 fully saturated rings. The summed E-state index contributed by atoms with van der Waals surface area (Å²) in [6.45, 7) is 9.86. The van der Waals surface area contributed by atoms with Crippen molar-refractivity contribution in [1.29, 1.82) is 0 Å². The standard InChI is InChI=1S/C21H34N4O5/c1-5-30-19(29)24-8-6-7-23(9-10-24)16(26)13-25-17(27)21(22-18(25)28)12-15(2)11-20(3,4)14-21/h15H,5-14H2,1-4H3,(H,22,28)/t15-,21-/m0/s1. The fourth-order valence-electron chi connectivity index (χ4n) is 5.45. The van der Waals surface area contributed by atoms with Crippen LogP contribution in [0.25, 0.3) is 0 Å². The largest absolute Gasteiger partial charge is 0.450 e. The number of hydrogen-bond donors (Lipinski definition) is 1. The number of rotatable bonds is 3. The Kier molecular flexibility index (Phi) is 6.29. The Morgan fingerprint density at radius 3 is 2.43 bits per heavy atom. The van der Waals surface area contributed by atoms with Crippen LogP contribution in [-0.2, 0) is 14.3 Å². The Balaban J connectivity index is 1.63. The Morgan fingerprint density at radius 2 is 1.77 bits per heavy atom. The number of carbonyl (C=O) groups is 4. The minimum Gasteiger partial charge on any atom is -0.450 e. The Labute approximate surface area is 178 Å². The molecule has 0 bridgehead atoms. The molecule has 3 aliphatic rings. The average Bonchev–Trinajstić information content (AvgIpc) is 2.83. The van der Waals surface area contributed by atoms with E-state index in [-0.39, 0.29) is 29.9 Å². The number of nitrogens with zero attached hydrogens (tertiary/aromatic N) is 3. The summed E-state index contributed by atoms with van der Waals surface area (Å²) in [5, 5.41) is 2.91. The van der Waals surface area contributed by atoms with Crippen LogP contribution in [0.3, 0.4) is 0 Å². The van der Waals surface area contributed by atoms with Crippen LogP contribution in [0, 0.1) is 11.3 Å². The van der Waals surface area contributed by atoms with Crippen LogP contribution in [0.4, 0.5) is 9.59 Å². The summed E-state index contributed by atoms with van der Waals surface area (Å²) in [4.78, 5) is 55.0. The predicted octanol–water partition coefficient (Wildman–Crippen LogP) is 1.81. The summed E-state index contributed by atoms with van der Waals surface area (Å²) < 4.78 is 5.04. The normalized spacial score (nSPS) is 29.1. The van der Waals surface area contributed by atoms with E-state index in [9.17, 15) is 19.2 Å². The molecule has 9 nitrogen and oxygen atoms in total. The molecule has 5 amide bonds. The minimum absolute atomic E-state index is 0.0536. The lowest BCUT2D eigenvalue weighted by atomic mass is 9.64. The summed E-state index contributed by atoms with van der Waals surface area (Å²) in [7, 11) is 0. The molecule has 2 aliphatic heterocycles. The van der Waals surface area contributed by atoms with Crippen molar-refractivity contribution in [2.45, 2.75) is 58.9 Å². The highest BCUT2D eigenvalue weighted by molar-refractivity contribution is 6.09. The lowest BCUT2D eigenvalue weighted by Gasteiger charge is -2.43. The van der Waals surface area contributed by atoms with Gasteiger partial charge in [0.2, 0.25) is 5.91 Å². The Bertz CT molecular complexity index is 724. The molecule has 168 valence electrons. The third kappa shape index (κ3) is 4.54. The molecule has 0 radical (unpaired) electrons. The average molecular weight is 423 g/mol. The van der Waals surface area contributed by atoms with Gasteiger partial charge in [0.25, 0.3) is 5.91 Å². The first kappa shape index (κ1) is 22.4. The van der Waals surface area contributed by atoms with Gasteiger partial charge in [-0.3, -0.25) is 14.5 Å². The fraction of sp³-hybridized carbons (Fsp3) is 0.810. The Hall–Kier alpha value is -2.32. The van der Waals surface area contributed by atoms with Crippen LogP contribution >= 0.6 is 0 Å². The summed E-state index contributed by atoms with van der Waals surface area (Å²) in [5.74, 6) is -0.249. The Morgan fingerprint density at radius 1 is 1.10 bits per heavy atom. The van der Waals surface area contributed by atoms with Gasteiger partial charge in [0.1, 0.15) is 12.1 Å². The third-order valence-corrected chi connectivity index (χ3v) is 6.29. The molecule has 30 heavy (non-hydrogen) atoms. The molecule has 2 atom stereocenters. The first-order valence-electron chi connectivity index (χ1n) is 10.9. The number of ether oxygens (including phenoxy) is 1.